The molecule has 150 valence electrons. The molecule has 0 saturated carbocycles. The Morgan fingerprint density at radius 3 is 2.60 bits per heavy atom. The number of ether oxygens (including phenoxy) is 1. The van der Waals surface area contributed by atoms with E-state index >= 15 is 0 Å². The molecule has 0 aliphatic carbocycles. The van der Waals surface area contributed by atoms with E-state index in [4.69, 9.17) is 4.74 Å². The monoisotopic (exact) mass is 478 g/mol. The molecule has 1 aliphatic rings. The average molecular weight is 479 g/mol. The zero-order valence-electron chi connectivity index (χ0n) is 16.3. The summed E-state index contributed by atoms with van der Waals surface area (Å²) in [4.78, 5) is 17.5. The van der Waals surface area contributed by atoms with Crippen molar-refractivity contribution in [2.45, 2.75) is 13.5 Å². The number of thioether (sulfide) groups is 1. The first-order chi connectivity index (χ1) is 14.5. The lowest BCUT2D eigenvalue weighted by molar-refractivity contribution is -0.115. The summed E-state index contributed by atoms with van der Waals surface area (Å²) in [6, 6.07) is 23.6. The minimum atomic E-state index is -0.146. The molecule has 0 atom stereocenters. The van der Waals surface area contributed by atoms with Gasteiger partial charge in [0.2, 0.25) is 0 Å². The molecule has 4 nitrogen and oxygen atoms in total. The number of carbonyl (C=O) groups excluding carboxylic acids is 1. The van der Waals surface area contributed by atoms with Gasteiger partial charge in [0.1, 0.15) is 12.4 Å². The largest absolute Gasteiger partial charge is 0.489 e. The molecule has 1 amide bonds. The molecule has 0 aromatic heterocycles. The lowest BCUT2D eigenvalue weighted by atomic mass is 10.2. The van der Waals surface area contributed by atoms with Crippen LogP contribution < -0.4 is 10.1 Å². The van der Waals surface area contributed by atoms with Gasteiger partial charge < -0.3 is 10.1 Å². The number of nitrogens with zero attached hydrogens (tertiary/aromatic N) is 1. The number of carbonyl (C=O) groups is 1. The molecule has 1 aliphatic heterocycles. The second kappa shape index (κ2) is 9.32. The summed E-state index contributed by atoms with van der Waals surface area (Å²) in [5.41, 5.74) is 3.97. The first kappa shape index (κ1) is 20.4. The van der Waals surface area contributed by atoms with Crippen molar-refractivity contribution in [3.63, 3.8) is 0 Å². The third kappa shape index (κ3) is 5.40. The minimum Gasteiger partial charge on any atom is -0.489 e. The topological polar surface area (TPSA) is 50.7 Å². The fraction of sp³-hybridized carbons (Fsp3) is 0.0833. The van der Waals surface area contributed by atoms with Gasteiger partial charge in [0.15, 0.2) is 5.17 Å². The Morgan fingerprint density at radius 2 is 1.83 bits per heavy atom. The number of aliphatic imine (C=N–C) groups is 1. The summed E-state index contributed by atoms with van der Waals surface area (Å²) in [5, 5.41) is 3.41. The number of halogens is 1. The van der Waals surface area contributed by atoms with E-state index in [0.717, 1.165) is 27.0 Å². The summed E-state index contributed by atoms with van der Waals surface area (Å²) < 4.78 is 6.94. The molecule has 4 rings (SSSR count). The number of aryl methyl sites for hydroxylation is 1. The molecule has 30 heavy (non-hydrogen) atoms. The van der Waals surface area contributed by atoms with Gasteiger partial charge in [-0.2, -0.15) is 0 Å². The molecule has 0 radical (unpaired) electrons. The van der Waals surface area contributed by atoms with E-state index in [0.29, 0.717) is 16.7 Å². The van der Waals surface area contributed by atoms with Crippen LogP contribution in [0.2, 0.25) is 0 Å². The Kier molecular flexibility index (Phi) is 6.35. The molecule has 0 unspecified atom stereocenters. The Bertz CT molecular complexity index is 1120. The lowest BCUT2D eigenvalue weighted by Crippen LogP contribution is -2.19. The molecule has 3 aromatic carbocycles. The van der Waals surface area contributed by atoms with Crippen molar-refractivity contribution >= 4 is 50.5 Å². The average Bonchev–Trinajstić information content (AvgIpc) is 3.08. The fourth-order valence-corrected chi connectivity index (χ4v) is 3.92. The molecule has 6 heteroatoms. The number of amidine groups is 1. The highest BCUT2D eigenvalue weighted by atomic mass is 79.9. The van der Waals surface area contributed by atoms with Gasteiger partial charge in [-0.25, -0.2) is 4.99 Å². The second-order valence-electron chi connectivity index (χ2n) is 6.80. The van der Waals surface area contributed by atoms with Crippen molar-refractivity contribution in [2.24, 2.45) is 4.99 Å². The SMILES string of the molecule is Cc1ccc(N=C2NC(=O)/C(=C/c3cccc(OCc4ccc(Br)cc4)c3)S2)cc1. The van der Waals surface area contributed by atoms with Crippen LogP contribution in [0.5, 0.6) is 5.75 Å². The quantitative estimate of drug-likeness (QED) is 0.442. The van der Waals surface area contributed by atoms with E-state index in [1.54, 1.807) is 0 Å². The Hall–Kier alpha value is -2.83. The predicted molar refractivity (Wildman–Crippen MR) is 127 cm³/mol. The van der Waals surface area contributed by atoms with Crippen molar-refractivity contribution in [1.82, 2.24) is 5.32 Å². The van der Waals surface area contributed by atoms with Crippen molar-refractivity contribution in [3.8, 4) is 5.75 Å². The second-order valence-corrected chi connectivity index (χ2v) is 8.75. The summed E-state index contributed by atoms with van der Waals surface area (Å²) in [6.07, 6.45) is 1.85. The van der Waals surface area contributed by atoms with E-state index in [2.05, 4.69) is 26.2 Å². The third-order valence-corrected chi connectivity index (χ3v) is 5.83. The highest BCUT2D eigenvalue weighted by Crippen LogP contribution is 2.29. The van der Waals surface area contributed by atoms with E-state index in [1.807, 2.05) is 85.8 Å². The van der Waals surface area contributed by atoms with Crippen LogP contribution in [-0.2, 0) is 11.4 Å². The molecular formula is C24H19BrN2O2S. The van der Waals surface area contributed by atoms with Crippen LogP contribution in [-0.4, -0.2) is 11.1 Å². The molecule has 1 N–H and O–H groups in total. The van der Waals surface area contributed by atoms with Crippen LogP contribution in [0.15, 0.2) is 87.2 Å². The van der Waals surface area contributed by atoms with Crippen molar-refractivity contribution < 1.29 is 9.53 Å². The zero-order chi connectivity index (χ0) is 20.9. The summed E-state index contributed by atoms with van der Waals surface area (Å²) in [5.74, 6) is 0.608. The van der Waals surface area contributed by atoms with Crippen molar-refractivity contribution in [1.29, 1.82) is 0 Å². The van der Waals surface area contributed by atoms with Gasteiger partial charge in [0, 0.05) is 4.47 Å². The van der Waals surface area contributed by atoms with Crippen molar-refractivity contribution in [3.05, 3.63) is 98.9 Å². The summed E-state index contributed by atoms with van der Waals surface area (Å²) in [7, 11) is 0. The Balaban J connectivity index is 1.45. The number of hydrogen-bond acceptors (Lipinski definition) is 4. The molecule has 3 aromatic rings. The number of rotatable bonds is 5. The molecule has 0 bridgehead atoms. The zero-order valence-corrected chi connectivity index (χ0v) is 18.7. The molecule has 1 saturated heterocycles. The number of benzene rings is 3. The maximum absolute atomic E-state index is 12.3. The maximum Gasteiger partial charge on any atom is 0.264 e. The van der Waals surface area contributed by atoms with E-state index in [9.17, 15) is 4.79 Å². The smallest absolute Gasteiger partial charge is 0.264 e. The number of nitrogens with one attached hydrogen (secondary N) is 1. The van der Waals surface area contributed by atoms with Crippen LogP contribution in [0.3, 0.4) is 0 Å². The summed E-state index contributed by atoms with van der Waals surface area (Å²) in [6.45, 7) is 2.51. The van der Waals surface area contributed by atoms with E-state index in [1.165, 1.54) is 17.3 Å². The molecule has 1 fully saturated rings. The first-order valence-electron chi connectivity index (χ1n) is 9.39. The lowest BCUT2D eigenvalue weighted by Gasteiger charge is -2.07. The number of hydrogen-bond donors (Lipinski definition) is 1. The van der Waals surface area contributed by atoms with Crippen LogP contribution in [0, 0.1) is 6.92 Å². The van der Waals surface area contributed by atoms with E-state index in [-0.39, 0.29) is 5.91 Å². The van der Waals surface area contributed by atoms with Gasteiger partial charge in [-0.15, -0.1) is 0 Å². The van der Waals surface area contributed by atoms with E-state index < -0.39 is 0 Å². The fourth-order valence-electron chi connectivity index (χ4n) is 2.81. The highest BCUT2D eigenvalue weighted by molar-refractivity contribution is 9.10. The minimum absolute atomic E-state index is 0.146. The number of amides is 1. The molecule has 1 heterocycles. The molecule has 0 spiro atoms. The molecular weight excluding hydrogens is 460 g/mol. The van der Waals surface area contributed by atoms with Crippen LogP contribution in [0.1, 0.15) is 16.7 Å². The standard InChI is InChI=1S/C24H19BrN2O2S/c1-16-5-11-20(12-6-16)26-24-27-23(28)22(30-24)14-18-3-2-4-21(13-18)29-15-17-7-9-19(25)10-8-17/h2-14H,15H2,1H3,(H,26,27,28)/b22-14-. The first-order valence-corrected chi connectivity index (χ1v) is 11.0. The van der Waals surface area contributed by atoms with Gasteiger partial charge in [-0.3, -0.25) is 4.79 Å². The summed E-state index contributed by atoms with van der Waals surface area (Å²) >= 11 is 4.77. The van der Waals surface area contributed by atoms with Gasteiger partial charge >= 0.3 is 0 Å². The van der Waals surface area contributed by atoms with Gasteiger partial charge in [-0.1, -0.05) is 57.9 Å². The maximum atomic E-state index is 12.3. The third-order valence-electron chi connectivity index (χ3n) is 4.39. The highest BCUT2D eigenvalue weighted by Gasteiger charge is 2.23. The van der Waals surface area contributed by atoms with Crippen LogP contribution in [0.25, 0.3) is 6.08 Å². The predicted octanol–water partition coefficient (Wildman–Crippen LogP) is 6.23. The Labute approximate surface area is 188 Å². The Morgan fingerprint density at radius 1 is 1.07 bits per heavy atom. The van der Waals surface area contributed by atoms with Crippen LogP contribution >= 0.6 is 27.7 Å². The van der Waals surface area contributed by atoms with Gasteiger partial charge in [0.05, 0.1) is 10.6 Å². The van der Waals surface area contributed by atoms with Crippen molar-refractivity contribution in [2.75, 3.05) is 0 Å². The van der Waals surface area contributed by atoms with Gasteiger partial charge in [0.25, 0.3) is 5.91 Å². The normalized spacial score (nSPS) is 16.1. The van der Waals surface area contributed by atoms with Gasteiger partial charge in [-0.05, 0) is 72.3 Å². The van der Waals surface area contributed by atoms with Crippen LogP contribution in [0.4, 0.5) is 5.69 Å².